The van der Waals surface area contributed by atoms with Crippen molar-refractivity contribution in [2.75, 3.05) is 0 Å². The molecule has 0 nitrogen and oxygen atoms in total. The number of fused-ring (bicyclic) bond motifs is 3. The molecule has 1 aromatic rings. The fraction of sp³-hybridized carbons (Fsp3) is 0.700. The van der Waals surface area contributed by atoms with E-state index < -0.39 is 0 Å². The minimum atomic E-state index is -0.0830. The fourth-order valence-corrected chi connectivity index (χ4v) is 5.94. The minimum Gasteiger partial charge on any atom is -0.0771 e. The van der Waals surface area contributed by atoms with Gasteiger partial charge >= 0.3 is 0 Å². The van der Waals surface area contributed by atoms with Crippen molar-refractivity contribution < 1.29 is 0 Å². The van der Waals surface area contributed by atoms with Crippen LogP contribution < -0.4 is 0 Å². The summed E-state index contributed by atoms with van der Waals surface area (Å²) in [5.41, 5.74) is 1.35. The predicted molar refractivity (Wildman–Crippen MR) is 94.3 cm³/mol. The van der Waals surface area contributed by atoms with Crippen LogP contribution in [0.5, 0.6) is 0 Å². The summed E-state index contributed by atoms with van der Waals surface area (Å²) in [7, 11) is 13.1. The molecule has 0 saturated heterocycles. The van der Waals surface area contributed by atoms with Gasteiger partial charge in [-0.3, -0.25) is 0 Å². The zero-order chi connectivity index (χ0) is 15.2. The molecule has 6 atom stereocenters. The molecule has 1 aromatic carbocycles. The zero-order valence-corrected chi connectivity index (χ0v) is 13.6. The number of benzene rings is 1. The molecule has 0 aliphatic heterocycles. The summed E-state index contributed by atoms with van der Waals surface area (Å²) in [6.45, 7) is 0. The summed E-state index contributed by atoms with van der Waals surface area (Å²) in [6.07, 6.45) is 10.3. The number of rotatable bonds is 1. The van der Waals surface area contributed by atoms with Crippen molar-refractivity contribution in [3.63, 3.8) is 0 Å². The van der Waals surface area contributed by atoms with E-state index in [9.17, 15) is 0 Å². The molecular formula is C20H26B2. The molecule has 0 bridgehead atoms. The predicted octanol–water partition coefficient (Wildman–Crippen LogP) is 4.63. The minimum absolute atomic E-state index is 0.0830. The van der Waals surface area contributed by atoms with Crippen LogP contribution in [0.4, 0.5) is 0 Å². The van der Waals surface area contributed by atoms with E-state index in [0.717, 1.165) is 30.1 Å². The van der Waals surface area contributed by atoms with Crippen LogP contribution in [0.2, 0.25) is 5.82 Å². The Hall–Kier alpha value is -0.650. The maximum Gasteiger partial charge on any atom is 0.0810 e. The third kappa shape index (κ3) is 2.57. The van der Waals surface area contributed by atoms with Crippen LogP contribution in [-0.4, -0.2) is 15.7 Å². The number of hydrogen-bond acceptors (Lipinski definition) is 0. The lowest BCUT2D eigenvalue weighted by molar-refractivity contribution is 0.0164. The van der Waals surface area contributed by atoms with Crippen LogP contribution in [0, 0.1) is 23.7 Å². The maximum absolute atomic E-state index is 6.86. The second-order valence-corrected chi connectivity index (χ2v) is 8.26. The average molecular weight is 288 g/mol. The summed E-state index contributed by atoms with van der Waals surface area (Å²) >= 11 is 0. The first-order chi connectivity index (χ1) is 10.7. The molecule has 0 aromatic heterocycles. The first-order valence-electron chi connectivity index (χ1n) is 9.26. The quantitative estimate of drug-likeness (QED) is 0.661. The topological polar surface area (TPSA) is 0 Å². The third-order valence-corrected chi connectivity index (χ3v) is 7.04. The van der Waals surface area contributed by atoms with E-state index in [0.29, 0.717) is 5.82 Å². The molecule has 0 heterocycles. The van der Waals surface area contributed by atoms with Gasteiger partial charge in [0.1, 0.15) is 0 Å². The second-order valence-electron chi connectivity index (χ2n) is 8.26. The van der Waals surface area contributed by atoms with E-state index in [2.05, 4.69) is 30.3 Å². The van der Waals surface area contributed by atoms with Gasteiger partial charge < -0.3 is 0 Å². The summed E-state index contributed by atoms with van der Waals surface area (Å²) in [6, 6.07) is 10.8. The van der Waals surface area contributed by atoms with Crippen LogP contribution in [0.15, 0.2) is 30.3 Å². The summed E-state index contributed by atoms with van der Waals surface area (Å²) < 4.78 is 0. The number of hydrogen-bond donors (Lipinski definition) is 0. The lowest BCUT2D eigenvalue weighted by Crippen LogP contribution is -2.45. The van der Waals surface area contributed by atoms with Crippen molar-refractivity contribution in [1.29, 1.82) is 0 Å². The average Bonchev–Trinajstić information content (AvgIpc) is 2.55. The third-order valence-electron chi connectivity index (χ3n) is 7.04. The highest BCUT2D eigenvalue weighted by Gasteiger charge is 2.46. The largest absolute Gasteiger partial charge is 0.0810 e. The van der Waals surface area contributed by atoms with Gasteiger partial charge in [-0.1, -0.05) is 67.4 Å². The van der Waals surface area contributed by atoms with Crippen molar-refractivity contribution in [2.45, 2.75) is 62.5 Å². The Morgan fingerprint density at radius 3 is 2.41 bits per heavy atom. The molecule has 0 spiro atoms. The molecule has 6 unspecified atom stereocenters. The van der Waals surface area contributed by atoms with E-state index in [-0.39, 0.29) is 5.31 Å². The Balaban J connectivity index is 1.51. The first kappa shape index (κ1) is 14.9. The Bertz CT molecular complexity index is 514. The molecule has 0 amide bonds. The molecule has 112 valence electrons. The van der Waals surface area contributed by atoms with Crippen molar-refractivity contribution in [3.05, 3.63) is 35.9 Å². The lowest BCUT2D eigenvalue weighted by Gasteiger charge is -2.53. The summed E-state index contributed by atoms with van der Waals surface area (Å²) in [4.78, 5) is 0. The van der Waals surface area contributed by atoms with E-state index in [1.807, 2.05) is 0 Å². The van der Waals surface area contributed by atoms with Crippen LogP contribution in [0.25, 0.3) is 0 Å². The van der Waals surface area contributed by atoms with Crippen molar-refractivity contribution >= 4 is 15.7 Å². The van der Waals surface area contributed by atoms with Crippen molar-refractivity contribution in [1.82, 2.24) is 0 Å². The van der Waals surface area contributed by atoms with Gasteiger partial charge in [-0.05, 0) is 54.7 Å². The highest BCUT2D eigenvalue weighted by Crippen LogP contribution is 2.55. The first-order valence-corrected chi connectivity index (χ1v) is 9.26. The molecule has 3 saturated carbocycles. The molecule has 0 N–H and O–H groups in total. The molecule has 3 aliphatic carbocycles. The van der Waals surface area contributed by atoms with E-state index in [1.54, 1.807) is 0 Å². The van der Waals surface area contributed by atoms with Gasteiger partial charge in [-0.15, -0.1) is 0 Å². The monoisotopic (exact) mass is 288 g/mol. The van der Waals surface area contributed by atoms with Crippen LogP contribution in [0.3, 0.4) is 0 Å². The van der Waals surface area contributed by atoms with Gasteiger partial charge in [-0.2, -0.15) is 0 Å². The Morgan fingerprint density at radius 1 is 0.864 bits per heavy atom. The van der Waals surface area contributed by atoms with E-state index >= 15 is 0 Å². The van der Waals surface area contributed by atoms with Crippen molar-refractivity contribution in [3.8, 4) is 0 Å². The zero-order valence-electron chi connectivity index (χ0n) is 13.6. The van der Waals surface area contributed by atoms with Gasteiger partial charge in [0, 0.05) is 0 Å². The fourth-order valence-electron chi connectivity index (χ4n) is 5.94. The molecule has 2 heteroatoms. The van der Waals surface area contributed by atoms with Gasteiger partial charge in [-0.25, -0.2) is 0 Å². The smallest absolute Gasteiger partial charge is 0.0771 e. The molecule has 22 heavy (non-hydrogen) atoms. The summed E-state index contributed by atoms with van der Waals surface area (Å²) in [5, 5.41) is -0.0830. The van der Waals surface area contributed by atoms with Gasteiger partial charge in [0.05, 0.1) is 15.7 Å². The maximum atomic E-state index is 6.86. The van der Waals surface area contributed by atoms with Gasteiger partial charge in [0.25, 0.3) is 0 Å². The molecule has 3 fully saturated rings. The van der Waals surface area contributed by atoms with E-state index in [1.165, 1.54) is 50.5 Å². The lowest BCUT2D eigenvalue weighted by atomic mass is 9.47. The summed E-state index contributed by atoms with van der Waals surface area (Å²) in [5.74, 6) is 4.09. The molecular weight excluding hydrogens is 262 g/mol. The highest BCUT2D eigenvalue weighted by atomic mass is 14.5. The van der Waals surface area contributed by atoms with Crippen LogP contribution in [-0.2, 0) is 5.31 Å². The SMILES string of the molecule is [B]C1CCC2C(CCC3CC([B])(c4ccccc4)CCC32)C1. The Morgan fingerprint density at radius 2 is 1.59 bits per heavy atom. The highest BCUT2D eigenvalue weighted by molar-refractivity contribution is 6.16. The molecule has 3 aliphatic rings. The van der Waals surface area contributed by atoms with Crippen LogP contribution in [0.1, 0.15) is 56.9 Å². The molecule has 4 radical (unpaired) electrons. The second kappa shape index (κ2) is 5.77. The normalized spacial score (nSPS) is 44.8. The van der Waals surface area contributed by atoms with Gasteiger partial charge in [0.2, 0.25) is 0 Å². The van der Waals surface area contributed by atoms with E-state index in [4.69, 9.17) is 15.7 Å². The molecule has 4 rings (SSSR count). The Kier molecular flexibility index (Phi) is 3.91. The van der Waals surface area contributed by atoms with Crippen LogP contribution >= 0.6 is 0 Å². The standard InChI is InChI=1S/C20H26B2/c21-17-8-9-18-14(12-17)6-7-15-13-20(22,11-10-19(15)18)16-4-2-1-3-5-16/h1-5,14-15,17-19H,6-13H2. The van der Waals surface area contributed by atoms with Crippen molar-refractivity contribution in [2.24, 2.45) is 23.7 Å². The Labute approximate surface area is 138 Å². The van der Waals surface area contributed by atoms with Gasteiger partial charge in [0.15, 0.2) is 0 Å².